The Balaban J connectivity index is 2.10. The minimum absolute atomic E-state index is 0.108. The zero-order valence-electron chi connectivity index (χ0n) is 12.5. The molecule has 1 aliphatic rings. The highest BCUT2D eigenvalue weighted by atomic mass is 35.5. The summed E-state index contributed by atoms with van der Waals surface area (Å²) in [6.45, 7) is 2.12. The summed E-state index contributed by atoms with van der Waals surface area (Å²) < 4.78 is 0. The van der Waals surface area contributed by atoms with Crippen molar-refractivity contribution in [3.8, 4) is 0 Å². The van der Waals surface area contributed by atoms with Gasteiger partial charge in [0.05, 0.1) is 11.3 Å². The number of rotatable bonds is 5. The van der Waals surface area contributed by atoms with Crippen LogP contribution in [0, 0.1) is 5.92 Å². The van der Waals surface area contributed by atoms with Crippen LogP contribution < -0.4 is 16.6 Å². The Labute approximate surface area is 131 Å². The minimum Gasteiger partial charge on any atom is -0.349 e. The number of nitrogens with one attached hydrogen (secondary N) is 2. The Morgan fingerprint density at radius 1 is 1.38 bits per heavy atom. The van der Waals surface area contributed by atoms with Gasteiger partial charge in [-0.05, 0) is 43.4 Å². The molecule has 1 atom stereocenters. The van der Waals surface area contributed by atoms with Gasteiger partial charge in [0.25, 0.3) is 5.91 Å². The van der Waals surface area contributed by atoms with E-state index >= 15 is 0 Å². The van der Waals surface area contributed by atoms with Crippen LogP contribution in [0.4, 0.5) is 5.69 Å². The van der Waals surface area contributed by atoms with E-state index in [2.05, 4.69) is 17.7 Å². The average Bonchev–Trinajstić information content (AvgIpc) is 2.53. The molecule has 1 unspecified atom stereocenters. The van der Waals surface area contributed by atoms with Crippen molar-refractivity contribution in [2.24, 2.45) is 11.8 Å². The molecule has 0 aliphatic heterocycles. The number of hydrogen-bond acceptors (Lipinski definition) is 3. The van der Waals surface area contributed by atoms with Crippen LogP contribution in [-0.4, -0.2) is 11.9 Å². The Morgan fingerprint density at radius 3 is 2.71 bits per heavy atom. The summed E-state index contributed by atoms with van der Waals surface area (Å²) in [5.41, 5.74) is 3.65. The second-order valence-corrected chi connectivity index (χ2v) is 6.16. The normalized spacial score (nSPS) is 17.3. The highest BCUT2D eigenvalue weighted by Gasteiger charge is 2.24. The molecule has 0 aromatic heterocycles. The van der Waals surface area contributed by atoms with Crippen LogP contribution in [0.5, 0.6) is 0 Å². The summed E-state index contributed by atoms with van der Waals surface area (Å²) in [7, 11) is 0. The molecule has 1 fully saturated rings. The van der Waals surface area contributed by atoms with Crippen LogP contribution in [0.2, 0.25) is 5.02 Å². The fraction of sp³-hybridized carbons (Fsp3) is 0.562. The summed E-state index contributed by atoms with van der Waals surface area (Å²) in [5.74, 6) is 5.95. The number of amides is 1. The number of hydrogen-bond donors (Lipinski definition) is 3. The number of benzene rings is 1. The van der Waals surface area contributed by atoms with E-state index in [-0.39, 0.29) is 11.9 Å². The molecule has 21 heavy (non-hydrogen) atoms. The summed E-state index contributed by atoms with van der Waals surface area (Å²) in [6.07, 6.45) is 7.21. The van der Waals surface area contributed by atoms with Gasteiger partial charge in [-0.2, -0.15) is 0 Å². The third-order valence-corrected chi connectivity index (χ3v) is 4.59. The molecule has 0 radical (unpaired) electrons. The van der Waals surface area contributed by atoms with Crippen molar-refractivity contribution < 1.29 is 4.79 Å². The zero-order valence-corrected chi connectivity index (χ0v) is 13.2. The smallest absolute Gasteiger partial charge is 0.253 e. The molecule has 2 rings (SSSR count). The predicted molar refractivity (Wildman–Crippen MR) is 87.4 cm³/mol. The fourth-order valence-corrected chi connectivity index (χ4v) is 3.34. The lowest BCUT2D eigenvalue weighted by atomic mass is 9.83. The molecule has 4 nitrogen and oxygen atoms in total. The summed E-state index contributed by atoms with van der Waals surface area (Å²) in [6, 6.07) is 5.31. The molecular formula is C16H24ClN3O. The van der Waals surface area contributed by atoms with E-state index in [1.807, 2.05) is 0 Å². The molecule has 1 aliphatic carbocycles. The first-order chi connectivity index (χ1) is 10.2. The van der Waals surface area contributed by atoms with E-state index in [0.717, 1.165) is 6.42 Å². The van der Waals surface area contributed by atoms with E-state index in [1.54, 1.807) is 18.2 Å². The Bertz CT molecular complexity index is 486. The molecule has 0 heterocycles. The summed E-state index contributed by atoms with van der Waals surface area (Å²) >= 11 is 5.99. The zero-order chi connectivity index (χ0) is 15.2. The maximum atomic E-state index is 12.5. The standard InChI is InChI=1S/C16H24ClN3O/c1-2-14(11-6-4-3-5-7-11)19-16(21)13-10-12(17)8-9-15(13)20-18/h8-11,14,20H,2-7,18H2,1H3,(H,19,21). The maximum Gasteiger partial charge on any atom is 0.253 e. The van der Waals surface area contributed by atoms with E-state index in [0.29, 0.717) is 22.2 Å². The van der Waals surface area contributed by atoms with Crippen LogP contribution in [0.25, 0.3) is 0 Å². The van der Waals surface area contributed by atoms with Gasteiger partial charge in [-0.25, -0.2) is 0 Å². The van der Waals surface area contributed by atoms with Crippen LogP contribution >= 0.6 is 11.6 Å². The summed E-state index contributed by atoms with van der Waals surface area (Å²) in [4.78, 5) is 12.5. The van der Waals surface area contributed by atoms with Crippen molar-refractivity contribution in [1.82, 2.24) is 5.32 Å². The largest absolute Gasteiger partial charge is 0.349 e. The van der Waals surface area contributed by atoms with Gasteiger partial charge in [0.15, 0.2) is 0 Å². The lowest BCUT2D eigenvalue weighted by Gasteiger charge is -2.30. The lowest BCUT2D eigenvalue weighted by molar-refractivity contribution is 0.0912. The van der Waals surface area contributed by atoms with Gasteiger partial charge in [-0.3, -0.25) is 10.6 Å². The Hall–Kier alpha value is -1.26. The van der Waals surface area contributed by atoms with Crippen molar-refractivity contribution in [1.29, 1.82) is 0 Å². The quantitative estimate of drug-likeness (QED) is 0.573. The highest BCUT2D eigenvalue weighted by Crippen LogP contribution is 2.28. The van der Waals surface area contributed by atoms with Crippen molar-refractivity contribution >= 4 is 23.2 Å². The molecule has 0 saturated heterocycles. The molecule has 1 amide bonds. The molecule has 0 bridgehead atoms. The van der Waals surface area contributed by atoms with Crippen LogP contribution in [0.15, 0.2) is 18.2 Å². The second-order valence-electron chi connectivity index (χ2n) is 5.72. The van der Waals surface area contributed by atoms with Crippen molar-refractivity contribution in [3.63, 3.8) is 0 Å². The minimum atomic E-state index is -0.108. The maximum absolute atomic E-state index is 12.5. The molecule has 0 spiro atoms. The number of halogens is 1. The SMILES string of the molecule is CCC(NC(=O)c1cc(Cl)ccc1NN)C1CCCCC1. The number of carbonyl (C=O) groups excluding carboxylic acids is 1. The van der Waals surface area contributed by atoms with Gasteiger partial charge in [-0.15, -0.1) is 0 Å². The molecule has 4 N–H and O–H groups in total. The van der Waals surface area contributed by atoms with Gasteiger partial charge in [-0.1, -0.05) is 37.8 Å². The Kier molecular flexibility index (Phi) is 5.88. The van der Waals surface area contributed by atoms with Gasteiger partial charge in [0.2, 0.25) is 0 Å². The number of nitrogens with two attached hydrogens (primary N) is 1. The predicted octanol–water partition coefficient (Wildman–Crippen LogP) is 3.71. The first-order valence-corrected chi connectivity index (χ1v) is 8.10. The van der Waals surface area contributed by atoms with Crippen LogP contribution in [0.3, 0.4) is 0 Å². The molecule has 5 heteroatoms. The third kappa shape index (κ3) is 4.11. The number of nitrogen functional groups attached to an aromatic ring is 1. The molecule has 116 valence electrons. The fourth-order valence-electron chi connectivity index (χ4n) is 3.17. The first kappa shape index (κ1) is 16.1. The third-order valence-electron chi connectivity index (χ3n) is 4.36. The topological polar surface area (TPSA) is 67.2 Å². The van der Waals surface area contributed by atoms with E-state index < -0.39 is 0 Å². The second kappa shape index (κ2) is 7.66. The van der Waals surface area contributed by atoms with Crippen LogP contribution in [-0.2, 0) is 0 Å². The van der Waals surface area contributed by atoms with E-state index in [9.17, 15) is 4.79 Å². The van der Waals surface area contributed by atoms with E-state index in [4.69, 9.17) is 17.4 Å². The number of hydrazine groups is 1. The number of anilines is 1. The van der Waals surface area contributed by atoms with Crippen molar-refractivity contribution in [2.45, 2.75) is 51.5 Å². The van der Waals surface area contributed by atoms with E-state index in [1.165, 1.54) is 32.1 Å². The molecule has 1 aromatic carbocycles. The van der Waals surface area contributed by atoms with Gasteiger partial charge < -0.3 is 10.7 Å². The van der Waals surface area contributed by atoms with Gasteiger partial charge in [0.1, 0.15) is 0 Å². The van der Waals surface area contributed by atoms with Crippen LogP contribution in [0.1, 0.15) is 55.8 Å². The van der Waals surface area contributed by atoms with Gasteiger partial charge >= 0.3 is 0 Å². The first-order valence-electron chi connectivity index (χ1n) is 7.72. The molecular weight excluding hydrogens is 286 g/mol. The number of carbonyl (C=O) groups is 1. The highest BCUT2D eigenvalue weighted by molar-refractivity contribution is 6.31. The average molecular weight is 310 g/mol. The summed E-state index contributed by atoms with van der Waals surface area (Å²) in [5, 5.41) is 3.69. The molecule has 1 saturated carbocycles. The van der Waals surface area contributed by atoms with Crippen molar-refractivity contribution in [3.05, 3.63) is 28.8 Å². The molecule has 1 aromatic rings. The van der Waals surface area contributed by atoms with Gasteiger partial charge in [0, 0.05) is 11.1 Å². The lowest BCUT2D eigenvalue weighted by Crippen LogP contribution is -2.41. The van der Waals surface area contributed by atoms with Crippen molar-refractivity contribution in [2.75, 3.05) is 5.43 Å². The Morgan fingerprint density at radius 2 is 2.10 bits per heavy atom. The monoisotopic (exact) mass is 309 g/mol.